The third-order valence-electron chi connectivity index (χ3n) is 2.59. The lowest BCUT2D eigenvalue weighted by molar-refractivity contribution is 0.201. The second kappa shape index (κ2) is 7.53. The van der Waals surface area contributed by atoms with Crippen LogP contribution in [0.4, 0.5) is 10.5 Å². The molecule has 0 fully saturated rings. The third kappa shape index (κ3) is 4.83. The first-order valence-electron chi connectivity index (χ1n) is 6.09. The van der Waals surface area contributed by atoms with Crippen LogP contribution in [0.5, 0.6) is 5.75 Å². The minimum Gasteiger partial charge on any atom is -0.497 e. The molecule has 0 saturated heterocycles. The van der Waals surface area contributed by atoms with E-state index in [1.165, 1.54) is 27.1 Å². The normalized spacial score (nSPS) is 11.8. The molecule has 0 saturated carbocycles. The Morgan fingerprint density at radius 1 is 1.45 bits per heavy atom. The lowest BCUT2D eigenvalue weighted by atomic mass is 10.2. The van der Waals surface area contributed by atoms with Crippen molar-refractivity contribution in [2.45, 2.75) is 13.0 Å². The molecular weight excluding hydrogens is 312 g/mol. The first-order chi connectivity index (χ1) is 10.3. The zero-order valence-electron chi connectivity index (χ0n) is 12.2. The molecule has 0 aliphatic carbocycles. The standard InChI is InChI=1S/C13H16N2O6S/c1-10(7-8-21-22(18,19)14-2)15(13(16)17)11-5-4-6-12(9-11)20-3/h4-6,9-10,14H,1-3H3,(H,16,17). The molecule has 0 heterocycles. The second-order valence-electron chi connectivity index (χ2n) is 4.02. The van der Waals surface area contributed by atoms with Crippen molar-refractivity contribution in [1.82, 2.24) is 4.72 Å². The number of rotatable bonds is 5. The van der Waals surface area contributed by atoms with Crippen molar-refractivity contribution in [1.29, 1.82) is 0 Å². The van der Waals surface area contributed by atoms with Gasteiger partial charge in [0.15, 0.2) is 0 Å². The molecule has 1 unspecified atom stereocenters. The summed E-state index contributed by atoms with van der Waals surface area (Å²) in [7, 11) is -1.32. The van der Waals surface area contributed by atoms with Gasteiger partial charge >= 0.3 is 16.4 Å². The van der Waals surface area contributed by atoms with E-state index in [4.69, 9.17) is 4.74 Å². The van der Waals surface area contributed by atoms with Crippen LogP contribution in [0.15, 0.2) is 24.3 Å². The highest BCUT2D eigenvalue weighted by molar-refractivity contribution is 7.84. The number of ether oxygens (including phenoxy) is 1. The van der Waals surface area contributed by atoms with Crippen molar-refractivity contribution in [3.63, 3.8) is 0 Å². The summed E-state index contributed by atoms with van der Waals surface area (Å²) in [5.41, 5.74) is 0.338. The van der Waals surface area contributed by atoms with Crippen LogP contribution >= 0.6 is 0 Å². The lowest BCUT2D eigenvalue weighted by Gasteiger charge is -2.22. The van der Waals surface area contributed by atoms with Crippen LogP contribution < -0.4 is 14.4 Å². The molecule has 1 amide bonds. The molecule has 8 nitrogen and oxygen atoms in total. The van der Waals surface area contributed by atoms with Gasteiger partial charge in [0.05, 0.1) is 12.8 Å². The maximum Gasteiger partial charge on any atom is 0.412 e. The smallest absolute Gasteiger partial charge is 0.412 e. The summed E-state index contributed by atoms with van der Waals surface area (Å²) in [6, 6.07) is 5.56. The van der Waals surface area contributed by atoms with Crippen molar-refractivity contribution < 1.29 is 27.2 Å². The van der Waals surface area contributed by atoms with E-state index < -0.39 is 22.4 Å². The molecule has 9 heteroatoms. The number of methoxy groups -OCH3 is 1. The first kappa shape index (κ1) is 17.6. The topological polar surface area (TPSA) is 105 Å². The summed E-state index contributed by atoms with van der Waals surface area (Å²) in [4.78, 5) is 12.4. The quantitative estimate of drug-likeness (QED) is 0.782. The van der Waals surface area contributed by atoms with Gasteiger partial charge in [0.1, 0.15) is 17.9 Å². The Kier molecular flexibility index (Phi) is 6.03. The highest BCUT2D eigenvalue weighted by atomic mass is 32.2. The van der Waals surface area contributed by atoms with E-state index in [2.05, 4.69) is 10.1 Å². The van der Waals surface area contributed by atoms with Crippen molar-refractivity contribution in [3.8, 4) is 17.8 Å². The number of nitrogens with zero attached hydrogens (tertiary/aromatic N) is 1. The molecule has 1 atom stereocenters. The molecule has 0 aliphatic heterocycles. The molecule has 1 rings (SSSR count). The summed E-state index contributed by atoms with van der Waals surface area (Å²) in [5.74, 6) is 2.89. The van der Waals surface area contributed by atoms with Crippen LogP contribution in [0.2, 0.25) is 0 Å². The van der Waals surface area contributed by atoms with Crippen LogP contribution in [0.1, 0.15) is 6.92 Å². The van der Waals surface area contributed by atoms with Gasteiger partial charge in [-0.15, -0.1) is 0 Å². The summed E-state index contributed by atoms with van der Waals surface area (Å²) < 4.78 is 33.4. The number of anilines is 1. The largest absolute Gasteiger partial charge is 0.497 e. The fourth-order valence-electron chi connectivity index (χ4n) is 1.53. The minimum atomic E-state index is -3.95. The summed E-state index contributed by atoms with van der Waals surface area (Å²) in [6.45, 7) is 1.50. The van der Waals surface area contributed by atoms with Crippen molar-refractivity contribution in [2.75, 3.05) is 19.1 Å². The number of carboxylic acid groups (broad SMARTS) is 1. The highest BCUT2D eigenvalue weighted by Crippen LogP contribution is 2.22. The van der Waals surface area contributed by atoms with Gasteiger partial charge < -0.3 is 14.0 Å². The number of amides is 1. The number of benzene rings is 1. The van der Waals surface area contributed by atoms with Gasteiger partial charge in [-0.05, 0) is 25.0 Å². The highest BCUT2D eigenvalue weighted by Gasteiger charge is 2.20. The van der Waals surface area contributed by atoms with Crippen LogP contribution in [-0.4, -0.2) is 39.8 Å². The van der Waals surface area contributed by atoms with Gasteiger partial charge in [-0.25, -0.2) is 4.79 Å². The Morgan fingerprint density at radius 3 is 2.68 bits per heavy atom. The van der Waals surface area contributed by atoms with Crippen molar-refractivity contribution >= 4 is 22.1 Å². The summed E-state index contributed by atoms with van der Waals surface area (Å²) in [5, 5.41) is 9.31. The number of hydrogen-bond donors (Lipinski definition) is 2. The monoisotopic (exact) mass is 328 g/mol. The van der Waals surface area contributed by atoms with Gasteiger partial charge in [0, 0.05) is 13.1 Å². The lowest BCUT2D eigenvalue weighted by Crippen LogP contribution is -2.36. The fraction of sp³-hybridized carbons (Fsp3) is 0.308. The SMILES string of the molecule is CNS(=O)(=O)OC#CC(C)N(C(=O)O)c1cccc(OC)c1. The van der Waals surface area contributed by atoms with E-state index in [9.17, 15) is 18.3 Å². The molecule has 1 aromatic carbocycles. The predicted octanol–water partition coefficient (Wildman–Crippen LogP) is 1.01. The van der Waals surface area contributed by atoms with Crippen molar-refractivity contribution in [2.24, 2.45) is 0 Å². The molecule has 0 spiro atoms. The Morgan fingerprint density at radius 2 is 2.14 bits per heavy atom. The first-order valence-corrected chi connectivity index (χ1v) is 7.50. The van der Waals surface area contributed by atoms with E-state index in [0.29, 0.717) is 11.4 Å². The van der Waals surface area contributed by atoms with E-state index in [1.807, 2.05) is 10.8 Å². The van der Waals surface area contributed by atoms with E-state index in [-0.39, 0.29) is 0 Å². The number of nitrogens with one attached hydrogen (secondary N) is 1. The van der Waals surface area contributed by atoms with Crippen molar-refractivity contribution in [3.05, 3.63) is 24.3 Å². The van der Waals surface area contributed by atoms with Crippen LogP contribution in [-0.2, 0) is 14.5 Å². The van der Waals surface area contributed by atoms with Crippen LogP contribution in [0.25, 0.3) is 0 Å². The fourth-order valence-corrected chi connectivity index (χ4v) is 1.77. The molecule has 2 N–H and O–H groups in total. The number of hydrogen-bond acceptors (Lipinski definition) is 5. The molecular formula is C13H16N2O6S. The van der Waals surface area contributed by atoms with Gasteiger partial charge in [0.25, 0.3) is 0 Å². The van der Waals surface area contributed by atoms with Crippen LogP contribution in [0, 0.1) is 12.0 Å². The Bertz CT molecular complexity index is 692. The maximum absolute atomic E-state index is 11.4. The van der Waals surface area contributed by atoms with Gasteiger partial charge in [-0.1, -0.05) is 6.07 Å². The molecule has 0 bridgehead atoms. The van der Waals surface area contributed by atoms with Crippen LogP contribution in [0.3, 0.4) is 0 Å². The molecule has 0 aromatic heterocycles. The maximum atomic E-state index is 11.4. The van der Waals surface area contributed by atoms with E-state index >= 15 is 0 Å². The van der Waals surface area contributed by atoms with Gasteiger partial charge in [0.2, 0.25) is 0 Å². The Hall–Kier alpha value is -2.44. The molecule has 22 heavy (non-hydrogen) atoms. The zero-order chi connectivity index (χ0) is 16.8. The summed E-state index contributed by atoms with van der Waals surface area (Å²) >= 11 is 0. The van der Waals surface area contributed by atoms with E-state index in [1.54, 1.807) is 18.2 Å². The molecule has 1 aromatic rings. The number of carbonyl (C=O) groups is 1. The third-order valence-corrected chi connectivity index (χ3v) is 3.40. The molecule has 120 valence electrons. The Balaban J connectivity index is 3.01. The van der Waals surface area contributed by atoms with Gasteiger partial charge in [-0.3, -0.25) is 4.90 Å². The minimum absolute atomic E-state index is 0.338. The molecule has 0 radical (unpaired) electrons. The predicted molar refractivity (Wildman–Crippen MR) is 79.8 cm³/mol. The second-order valence-corrected chi connectivity index (χ2v) is 5.50. The Labute approximate surface area is 128 Å². The summed E-state index contributed by atoms with van der Waals surface area (Å²) in [6.07, 6.45) is 0.729. The average molecular weight is 328 g/mol. The van der Waals surface area contributed by atoms with Gasteiger partial charge in [-0.2, -0.15) is 13.1 Å². The zero-order valence-corrected chi connectivity index (χ0v) is 13.0. The average Bonchev–Trinajstić information content (AvgIpc) is 2.47. The molecule has 0 aliphatic rings. The van der Waals surface area contributed by atoms with E-state index in [0.717, 1.165) is 4.90 Å².